The van der Waals surface area contributed by atoms with E-state index in [1.54, 1.807) is 13.8 Å². The Morgan fingerprint density at radius 2 is 1.83 bits per heavy atom. The van der Waals surface area contributed by atoms with Crippen molar-refractivity contribution >= 4 is 23.5 Å². The van der Waals surface area contributed by atoms with Gasteiger partial charge >= 0.3 is 5.97 Å². The van der Waals surface area contributed by atoms with Gasteiger partial charge in [-0.15, -0.1) is 0 Å². The number of hydrogen-bond donors (Lipinski definition) is 1. The number of aryl methyl sites for hydroxylation is 2. The summed E-state index contributed by atoms with van der Waals surface area (Å²) in [5.41, 5.74) is 2.75. The van der Waals surface area contributed by atoms with Gasteiger partial charge in [0, 0.05) is 18.3 Å². The van der Waals surface area contributed by atoms with Crippen LogP contribution in [0.5, 0.6) is 0 Å². The van der Waals surface area contributed by atoms with Crippen LogP contribution in [-0.4, -0.2) is 39.7 Å². The maximum Gasteiger partial charge on any atom is 0.358 e. The SMILES string of the molecule is CCOC(=O)c1cc2n(n1)CC(C)(C(=O)NCc1ccc(C)cc1)N(c1cccc(CC)c1)C2=O. The lowest BCUT2D eigenvalue weighted by Crippen LogP contribution is -2.64. The first-order valence-corrected chi connectivity index (χ1v) is 11.8. The van der Waals surface area contributed by atoms with Gasteiger partial charge in [-0.3, -0.25) is 19.2 Å². The molecule has 2 heterocycles. The second kappa shape index (κ2) is 9.74. The van der Waals surface area contributed by atoms with Gasteiger partial charge in [-0.05, 0) is 50.5 Å². The molecule has 1 aromatic heterocycles. The monoisotopic (exact) mass is 474 g/mol. The van der Waals surface area contributed by atoms with E-state index in [2.05, 4.69) is 10.4 Å². The predicted octanol–water partition coefficient (Wildman–Crippen LogP) is 3.67. The molecule has 0 saturated heterocycles. The summed E-state index contributed by atoms with van der Waals surface area (Å²) in [5, 5.41) is 7.29. The summed E-state index contributed by atoms with van der Waals surface area (Å²) < 4.78 is 6.49. The molecule has 8 heteroatoms. The first kappa shape index (κ1) is 24.2. The highest BCUT2D eigenvalue weighted by molar-refractivity contribution is 6.12. The second-order valence-electron chi connectivity index (χ2n) is 8.90. The summed E-state index contributed by atoms with van der Waals surface area (Å²) in [5.74, 6) is -1.32. The van der Waals surface area contributed by atoms with Gasteiger partial charge in [-0.2, -0.15) is 5.10 Å². The van der Waals surface area contributed by atoms with E-state index in [1.807, 2.05) is 62.4 Å². The molecule has 1 N–H and O–H groups in total. The quantitative estimate of drug-likeness (QED) is 0.528. The first-order chi connectivity index (χ1) is 16.8. The first-order valence-electron chi connectivity index (χ1n) is 11.8. The van der Waals surface area contributed by atoms with Crippen molar-refractivity contribution < 1.29 is 19.1 Å². The summed E-state index contributed by atoms with van der Waals surface area (Å²) in [4.78, 5) is 41.2. The van der Waals surface area contributed by atoms with Crippen LogP contribution in [0.15, 0.2) is 54.6 Å². The number of hydrogen-bond acceptors (Lipinski definition) is 5. The molecule has 1 aliphatic heterocycles. The summed E-state index contributed by atoms with van der Waals surface area (Å²) >= 11 is 0. The molecule has 3 aromatic rings. The van der Waals surface area contributed by atoms with E-state index in [0.717, 1.165) is 23.1 Å². The summed E-state index contributed by atoms with van der Waals surface area (Å²) in [7, 11) is 0. The Hall–Kier alpha value is -3.94. The molecular formula is C27H30N4O4. The van der Waals surface area contributed by atoms with Crippen LogP contribution in [0.2, 0.25) is 0 Å². The van der Waals surface area contributed by atoms with Crippen LogP contribution in [0.4, 0.5) is 5.69 Å². The Balaban J connectivity index is 1.72. The van der Waals surface area contributed by atoms with E-state index in [-0.39, 0.29) is 30.4 Å². The summed E-state index contributed by atoms with van der Waals surface area (Å²) in [6, 6.07) is 16.9. The van der Waals surface area contributed by atoms with Crippen LogP contribution >= 0.6 is 0 Å². The third-order valence-corrected chi connectivity index (χ3v) is 6.28. The highest BCUT2D eigenvalue weighted by atomic mass is 16.5. The lowest BCUT2D eigenvalue weighted by molar-refractivity contribution is -0.126. The number of aromatic nitrogens is 2. The molecule has 35 heavy (non-hydrogen) atoms. The van der Waals surface area contributed by atoms with Crippen LogP contribution < -0.4 is 10.2 Å². The molecular weight excluding hydrogens is 444 g/mol. The highest BCUT2D eigenvalue weighted by Gasteiger charge is 2.49. The van der Waals surface area contributed by atoms with Gasteiger partial charge in [-0.25, -0.2) is 4.79 Å². The number of esters is 1. The maximum atomic E-state index is 13.8. The Morgan fingerprint density at radius 1 is 1.09 bits per heavy atom. The smallest absolute Gasteiger partial charge is 0.358 e. The fourth-order valence-corrected chi connectivity index (χ4v) is 4.28. The minimum absolute atomic E-state index is 0.0433. The minimum atomic E-state index is -1.28. The average Bonchev–Trinajstić information content (AvgIpc) is 3.28. The number of ether oxygens (including phenoxy) is 1. The van der Waals surface area contributed by atoms with E-state index in [0.29, 0.717) is 12.2 Å². The zero-order chi connectivity index (χ0) is 25.2. The predicted molar refractivity (Wildman–Crippen MR) is 132 cm³/mol. The van der Waals surface area contributed by atoms with Crippen molar-refractivity contribution in [2.75, 3.05) is 11.5 Å². The number of nitrogens with zero attached hydrogens (tertiary/aromatic N) is 3. The van der Waals surface area contributed by atoms with Crippen LogP contribution in [0.3, 0.4) is 0 Å². The highest BCUT2D eigenvalue weighted by Crippen LogP contribution is 2.33. The topological polar surface area (TPSA) is 93.5 Å². The van der Waals surface area contributed by atoms with E-state index < -0.39 is 17.4 Å². The van der Waals surface area contributed by atoms with Gasteiger partial charge in [0.2, 0.25) is 5.91 Å². The third-order valence-electron chi connectivity index (χ3n) is 6.28. The van der Waals surface area contributed by atoms with Crippen molar-refractivity contribution in [1.29, 1.82) is 0 Å². The van der Waals surface area contributed by atoms with Gasteiger partial charge in [0.1, 0.15) is 11.2 Å². The van der Waals surface area contributed by atoms with Crippen molar-refractivity contribution in [3.63, 3.8) is 0 Å². The Labute approximate surface area is 204 Å². The molecule has 1 atom stereocenters. The number of anilines is 1. The van der Waals surface area contributed by atoms with E-state index in [9.17, 15) is 14.4 Å². The second-order valence-corrected chi connectivity index (χ2v) is 8.90. The van der Waals surface area contributed by atoms with Crippen molar-refractivity contribution in [2.24, 2.45) is 0 Å². The van der Waals surface area contributed by atoms with Crippen molar-refractivity contribution in [1.82, 2.24) is 15.1 Å². The molecule has 2 aromatic carbocycles. The number of carbonyl (C=O) groups excluding carboxylic acids is 3. The molecule has 2 amide bonds. The number of benzene rings is 2. The van der Waals surface area contributed by atoms with Crippen LogP contribution in [-0.2, 0) is 29.0 Å². The standard InChI is InChI=1S/C27H30N4O4/c1-5-19-8-7-9-21(14-19)31-24(32)23-15-22(25(33)35-6-2)29-30(23)17-27(31,4)26(34)28-16-20-12-10-18(3)11-13-20/h7-15H,5-6,16-17H2,1-4H3,(H,28,34). The summed E-state index contributed by atoms with van der Waals surface area (Å²) in [6.07, 6.45) is 0.789. The van der Waals surface area contributed by atoms with Crippen molar-refractivity contribution in [3.8, 4) is 0 Å². The third kappa shape index (κ3) is 4.69. The average molecular weight is 475 g/mol. The van der Waals surface area contributed by atoms with Gasteiger partial charge < -0.3 is 10.1 Å². The molecule has 182 valence electrons. The molecule has 1 unspecified atom stereocenters. The number of amides is 2. The molecule has 0 radical (unpaired) electrons. The fraction of sp³-hybridized carbons (Fsp3) is 0.333. The Morgan fingerprint density at radius 3 is 2.51 bits per heavy atom. The number of nitrogens with one attached hydrogen (secondary N) is 1. The van der Waals surface area contributed by atoms with E-state index in [4.69, 9.17) is 4.74 Å². The van der Waals surface area contributed by atoms with Gasteiger partial charge in [-0.1, -0.05) is 48.9 Å². The lowest BCUT2D eigenvalue weighted by Gasteiger charge is -2.43. The van der Waals surface area contributed by atoms with E-state index in [1.165, 1.54) is 15.6 Å². The number of rotatable bonds is 7. The largest absolute Gasteiger partial charge is 0.461 e. The van der Waals surface area contributed by atoms with Gasteiger partial charge in [0.25, 0.3) is 5.91 Å². The molecule has 1 aliphatic rings. The normalized spacial score (nSPS) is 17.1. The molecule has 0 fully saturated rings. The molecule has 8 nitrogen and oxygen atoms in total. The fourth-order valence-electron chi connectivity index (χ4n) is 4.28. The van der Waals surface area contributed by atoms with Gasteiger partial charge in [0.15, 0.2) is 5.69 Å². The zero-order valence-electron chi connectivity index (χ0n) is 20.5. The Bertz CT molecular complexity index is 1260. The molecule has 0 aliphatic carbocycles. The molecule has 4 rings (SSSR count). The van der Waals surface area contributed by atoms with Crippen molar-refractivity contribution in [2.45, 2.75) is 52.7 Å². The van der Waals surface area contributed by atoms with E-state index >= 15 is 0 Å². The number of fused-ring (bicyclic) bond motifs is 1. The van der Waals surface area contributed by atoms with Crippen LogP contribution in [0.25, 0.3) is 0 Å². The maximum absolute atomic E-state index is 13.8. The lowest BCUT2D eigenvalue weighted by atomic mass is 9.93. The van der Waals surface area contributed by atoms with Crippen LogP contribution in [0.1, 0.15) is 58.4 Å². The Kier molecular flexibility index (Phi) is 6.73. The van der Waals surface area contributed by atoms with Gasteiger partial charge in [0.05, 0.1) is 13.2 Å². The molecule has 0 spiro atoms. The van der Waals surface area contributed by atoms with Crippen LogP contribution in [0, 0.1) is 6.92 Å². The zero-order valence-corrected chi connectivity index (χ0v) is 20.5. The summed E-state index contributed by atoms with van der Waals surface area (Å²) in [6.45, 7) is 8.08. The minimum Gasteiger partial charge on any atom is -0.461 e. The molecule has 0 bridgehead atoms. The van der Waals surface area contributed by atoms with Crippen molar-refractivity contribution in [3.05, 3.63) is 82.7 Å². The number of carbonyl (C=O) groups is 3. The molecule has 0 saturated carbocycles.